The van der Waals surface area contributed by atoms with Crippen molar-refractivity contribution in [3.8, 4) is 28.3 Å². The number of aromatic nitrogens is 2. The number of rotatable bonds is 7. The van der Waals surface area contributed by atoms with Gasteiger partial charge >= 0.3 is 0 Å². The Hall–Kier alpha value is -3.38. The van der Waals surface area contributed by atoms with Gasteiger partial charge in [-0.2, -0.15) is 16.4 Å². The van der Waals surface area contributed by atoms with Gasteiger partial charge < -0.3 is 9.47 Å². The lowest BCUT2D eigenvalue weighted by Crippen LogP contribution is -1.96. The predicted molar refractivity (Wildman–Crippen MR) is 123 cm³/mol. The molecule has 0 unspecified atom stereocenters. The number of hydrogen-bond acceptors (Lipinski definition) is 5. The van der Waals surface area contributed by atoms with Crippen LogP contribution in [0.3, 0.4) is 0 Å². The average molecular weight is 418 g/mol. The van der Waals surface area contributed by atoms with Crippen molar-refractivity contribution < 1.29 is 9.47 Å². The number of ether oxygens (including phenoxy) is 2. The Morgan fingerprint density at radius 1 is 1.03 bits per heavy atom. The van der Waals surface area contributed by atoms with E-state index in [2.05, 4.69) is 12.3 Å². The van der Waals surface area contributed by atoms with Crippen LogP contribution in [0.2, 0.25) is 0 Å². The third-order valence-electron chi connectivity index (χ3n) is 4.82. The monoisotopic (exact) mass is 417 g/mol. The summed E-state index contributed by atoms with van der Waals surface area (Å²) < 4.78 is 12.9. The standard InChI is InChI=1S/C24H23N3O2S/c1-4-20-23(18-10-11-21(28-2)22(14-18)29-3)24(25-15-17-12-13-30-16-17)27(26-20)19-8-6-5-7-9-19/h5-16H,4H2,1-3H3/b25-15+. The molecule has 4 aromatic rings. The van der Waals surface area contributed by atoms with Gasteiger partial charge in [0.25, 0.3) is 0 Å². The van der Waals surface area contributed by atoms with E-state index in [-0.39, 0.29) is 0 Å². The lowest BCUT2D eigenvalue weighted by atomic mass is 10.0. The van der Waals surface area contributed by atoms with Crippen LogP contribution in [-0.2, 0) is 6.42 Å². The summed E-state index contributed by atoms with van der Waals surface area (Å²) >= 11 is 1.65. The van der Waals surface area contributed by atoms with Gasteiger partial charge in [0.15, 0.2) is 17.3 Å². The highest BCUT2D eigenvalue weighted by molar-refractivity contribution is 7.08. The molecular weight excluding hydrogens is 394 g/mol. The van der Waals surface area contributed by atoms with E-state index in [9.17, 15) is 0 Å². The van der Waals surface area contributed by atoms with E-state index in [0.29, 0.717) is 11.5 Å². The van der Waals surface area contributed by atoms with Crippen molar-refractivity contribution in [2.45, 2.75) is 13.3 Å². The smallest absolute Gasteiger partial charge is 0.163 e. The molecule has 0 radical (unpaired) electrons. The molecule has 0 atom stereocenters. The van der Waals surface area contributed by atoms with Crippen LogP contribution in [0.1, 0.15) is 18.2 Å². The Labute approximate surface area is 180 Å². The quantitative estimate of drug-likeness (QED) is 0.350. The minimum Gasteiger partial charge on any atom is -0.493 e. The molecule has 0 N–H and O–H groups in total. The zero-order chi connectivity index (χ0) is 20.9. The minimum absolute atomic E-state index is 0.678. The average Bonchev–Trinajstić information content (AvgIpc) is 3.45. The predicted octanol–water partition coefficient (Wildman–Crippen LogP) is 5.93. The van der Waals surface area contributed by atoms with Crippen molar-refractivity contribution >= 4 is 23.4 Å². The van der Waals surface area contributed by atoms with E-state index in [1.54, 1.807) is 25.6 Å². The maximum absolute atomic E-state index is 5.53. The van der Waals surface area contributed by atoms with Crippen LogP contribution in [0.15, 0.2) is 70.3 Å². The lowest BCUT2D eigenvalue weighted by Gasteiger charge is -2.10. The molecule has 0 spiro atoms. The molecule has 0 fully saturated rings. The molecule has 2 aromatic heterocycles. The third kappa shape index (κ3) is 3.86. The molecule has 6 heteroatoms. The number of para-hydroxylation sites is 1. The van der Waals surface area contributed by atoms with E-state index < -0.39 is 0 Å². The Kier molecular flexibility index (Phi) is 5.95. The zero-order valence-electron chi connectivity index (χ0n) is 17.2. The van der Waals surface area contributed by atoms with Gasteiger partial charge in [0.1, 0.15) is 0 Å². The molecule has 0 aliphatic carbocycles. The maximum atomic E-state index is 5.53. The largest absolute Gasteiger partial charge is 0.493 e. The highest BCUT2D eigenvalue weighted by Gasteiger charge is 2.20. The van der Waals surface area contributed by atoms with Gasteiger partial charge in [-0.25, -0.2) is 9.67 Å². The number of benzene rings is 2. The first-order chi connectivity index (χ1) is 14.7. The van der Waals surface area contributed by atoms with Crippen molar-refractivity contribution in [3.63, 3.8) is 0 Å². The molecule has 4 rings (SSSR count). The Morgan fingerprint density at radius 2 is 1.83 bits per heavy atom. The molecule has 0 saturated heterocycles. The molecule has 0 saturated carbocycles. The van der Waals surface area contributed by atoms with Crippen molar-refractivity contribution in [1.29, 1.82) is 0 Å². The first-order valence-electron chi connectivity index (χ1n) is 9.71. The summed E-state index contributed by atoms with van der Waals surface area (Å²) in [4.78, 5) is 4.88. The molecule has 152 valence electrons. The van der Waals surface area contributed by atoms with Gasteiger partial charge in [0, 0.05) is 17.3 Å². The summed E-state index contributed by atoms with van der Waals surface area (Å²) in [6, 6.07) is 18.1. The summed E-state index contributed by atoms with van der Waals surface area (Å²) in [7, 11) is 3.28. The van der Waals surface area contributed by atoms with Gasteiger partial charge in [-0.3, -0.25) is 0 Å². The van der Waals surface area contributed by atoms with E-state index in [0.717, 1.165) is 40.3 Å². The first kappa shape index (κ1) is 19.9. The minimum atomic E-state index is 0.678. The molecule has 0 aliphatic heterocycles. The zero-order valence-corrected chi connectivity index (χ0v) is 18.0. The fraction of sp³-hybridized carbons (Fsp3) is 0.167. The highest BCUT2D eigenvalue weighted by Crippen LogP contribution is 2.40. The molecular formula is C24H23N3O2S. The van der Waals surface area contributed by atoms with Crippen LogP contribution in [0.25, 0.3) is 16.8 Å². The van der Waals surface area contributed by atoms with Gasteiger partial charge in [0.2, 0.25) is 0 Å². The first-order valence-corrected chi connectivity index (χ1v) is 10.7. The van der Waals surface area contributed by atoms with Crippen LogP contribution >= 0.6 is 11.3 Å². The maximum Gasteiger partial charge on any atom is 0.163 e. The van der Waals surface area contributed by atoms with Gasteiger partial charge in [-0.1, -0.05) is 31.2 Å². The summed E-state index contributed by atoms with van der Waals surface area (Å²) in [5.74, 6) is 2.16. The summed E-state index contributed by atoms with van der Waals surface area (Å²) in [6.45, 7) is 2.11. The van der Waals surface area contributed by atoms with E-state index in [1.807, 2.05) is 70.9 Å². The fourth-order valence-corrected chi connectivity index (χ4v) is 3.95. The van der Waals surface area contributed by atoms with E-state index >= 15 is 0 Å². The van der Waals surface area contributed by atoms with Gasteiger partial charge in [-0.15, -0.1) is 0 Å². The number of methoxy groups -OCH3 is 2. The second-order valence-corrected chi connectivity index (χ2v) is 7.41. The topological polar surface area (TPSA) is 48.6 Å². The fourth-order valence-electron chi connectivity index (χ4n) is 3.34. The van der Waals surface area contributed by atoms with Crippen LogP contribution in [0.4, 0.5) is 5.82 Å². The normalized spacial score (nSPS) is 11.2. The van der Waals surface area contributed by atoms with Crippen LogP contribution < -0.4 is 9.47 Å². The van der Waals surface area contributed by atoms with Gasteiger partial charge in [-0.05, 0) is 53.1 Å². The SMILES string of the molecule is CCc1nn(-c2ccccc2)c(/N=C/c2ccsc2)c1-c1ccc(OC)c(OC)c1. The van der Waals surface area contributed by atoms with Gasteiger partial charge in [0.05, 0.1) is 25.6 Å². The molecule has 2 heterocycles. The van der Waals surface area contributed by atoms with Crippen molar-refractivity contribution in [2.75, 3.05) is 14.2 Å². The van der Waals surface area contributed by atoms with Crippen molar-refractivity contribution in [3.05, 3.63) is 76.6 Å². The highest BCUT2D eigenvalue weighted by atomic mass is 32.1. The molecule has 0 amide bonds. The third-order valence-corrected chi connectivity index (χ3v) is 5.52. The van der Waals surface area contributed by atoms with Crippen LogP contribution in [0.5, 0.6) is 11.5 Å². The summed E-state index contributed by atoms with van der Waals surface area (Å²) in [5.41, 5.74) is 5.00. The van der Waals surface area contributed by atoms with E-state index in [4.69, 9.17) is 19.6 Å². The number of aliphatic imine (C=N–C) groups is 1. The number of hydrogen-bond donors (Lipinski definition) is 0. The van der Waals surface area contributed by atoms with Crippen molar-refractivity contribution in [2.24, 2.45) is 4.99 Å². The molecule has 2 aromatic carbocycles. The number of nitrogens with zero attached hydrogens (tertiary/aromatic N) is 3. The molecule has 0 aliphatic rings. The second kappa shape index (κ2) is 8.97. The number of aryl methyl sites for hydroxylation is 1. The van der Waals surface area contributed by atoms with Crippen molar-refractivity contribution in [1.82, 2.24) is 9.78 Å². The van der Waals surface area contributed by atoms with E-state index in [1.165, 1.54) is 0 Å². The Morgan fingerprint density at radius 3 is 2.50 bits per heavy atom. The molecule has 30 heavy (non-hydrogen) atoms. The Bertz CT molecular complexity index is 1150. The molecule has 5 nitrogen and oxygen atoms in total. The molecule has 0 bridgehead atoms. The summed E-state index contributed by atoms with van der Waals surface area (Å²) in [6.07, 6.45) is 2.67. The summed E-state index contributed by atoms with van der Waals surface area (Å²) in [5, 5.41) is 9.02. The van der Waals surface area contributed by atoms with Crippen LogP contribution in [0, 0.1) is 0 Å². The second-order valence-electron chi connectivity index (χ2n) is 6.63. The number of thiophene rings is 1. The Balaban J connectivity index is 1.94. The lowest BCUT2D eigenvalue weighted by molar-refractivity contribution is 0.355. The van der Waals surface area contributed by atoms with Crippen LogP contribution in [-0.4, -0.2) is 30.2 Å².